The number of ether oxygens (including phenoxy) is 3. The molecule has 0 heterocycles. The Bertz CT molecular complexity index is 793. The Morgan fingerprint density at radius 2 is 1.85 bits per heavy atom. The zero-order valence-electron chi connectivity index (χ0n) is 15.0. The molecule has 8 heteroatoms. The molecule has 0 spiro atoms. The quantitative estimate of drug-likeness (QED) is 0.694. The molecule has 0 aliphatic heterocycles. The van der Waals surface area contributed by atoms with Gasteiger partial charge in [0.1, 0.15) is 17.9 Å². The number of carbonyl (C=O) groups is 2. The molecule has 0 aliphatic rings. The molecule has 7 nitrogen and oxygen atoms in total. The Balaban J connectivity index is 1.79. The molecule has 2 rings (SSSR count). The molecule has 27 heavy (non-hydrogen) atoms. The van der Waals surface area contributed by atoms with E-state index in [1.807, 2.05) is 0 Å². The first-order chi connectivity index (χ1) is 12.9. The lowest BCUT2D eigenvalue weighted by atomic mass is 10.2. The van der Waals surface area contributed by atoms with Crippen LogP contribution in [0.2, 0.25) is 5.02 Å². The maximum Gasteiger partial charge on any atom is 0.342 e. The average molecular weight is 394 g/mol. The van der Waals surface area contributed by atoms with E-state index in [1.165, 1.54) is 30.2 Å². The van der Waals surface area contributed by atoms with E-state index in [2.05, 4.69) is 0 Å². The van der Waals surface area contributed by atoms with E-state index in [1.54, 1.807) is 31.3 Å². The van der Waals surface area contributed by atoms with Gasteiger partial charge in [0.25, 0.3) is 5.91 Å². The van der Waals surface area contributed by atoms with Crippen molar-refractivity contribution in [2.45, 2.75) is 0 Å². The van der Waals surface area contributed by atoms with E-state index in [0.717, 1.165) is 0 Å². The fourth-order valence-corrected chi connectivity index (χ4v) is 2.25. The fourth-order valence-electron chi connectivity index (χ4n) is 2.12. The Kier molecular flexibility index (Phi) is 7.31. The van der Waals surface area contributed by atoms with Crippen molar-refractivity contribution in [3.63, 3.8) is 0 Å². The van der Waals surface area contributed by atoms with Crippen molar-refractivity contribution < 1.29 is 28.9 Å². The van der Waals surface area contributed by atoms with E-state index in [-0.39, 0.29) is 23.7 Å². The van der Waals surface area contributed by atoms with Crippen LogP contribution in [0.5, 0.6) is 17.2 Å². The number of phenolic OH excluding ortho intramolecular Hbond substituents is 1. The molecular formula is C19H20ClNO6. The van der Waals surface area contributed by atoms with E-state index in [9.17, 15) is 14.7 Å². The standard InChI is InChI=1S/C19H20ClNO6/c1-21(10-11-26-14-8-6-13(20)7-9-14)17(22)12-27-19(24)15-4-3-5-16(25-2)18(15)23/h3-9,23H,10-12H2,1-2H3. The minimum absolute atomic E-state index is 0.0733. The van der Waals surface area contributed by atoms with Gasteiger partial charge in [-0.3, -0.25) is 4.79 Å². The molecule has 2 aromatic rings. The van der Waals surface area contributed by atoms with Crippen molar-refractivity contribution in [1.29, 1.82) is 0 Å². The number of aromatic hydroxyl groups is 1. The third-order valence-electron chi connectivity index (χ3n) is 3.70. The van der Waals surface area contributed by atoms with E-state index in [0.29, 0.717) is 17.3 Å². The number of phenols is 1. The molecule has 2 aromatic carbocycles. The molecule has 0 bridgehead atoms. The number of halogens is 1. The number of amides is 1. The highest BCUT2D eigenvalue weighted by molar-refractivity contribution is 6.30. The summed E-state index contributed by atoms with van der Waals surface area (Å²) in [4.78, 5) is 25.5. The SMILES string of the molecule is COc1cccc(C(=O)OCC(=O)N(C)CCOc2ccc(Cl)cc2)c1O. The second-order valence-corrected chi connectivity index (χ2v) is 5.99. The maximum absolute atomic E-state index is 12.1. The van der Waals surface area contributed by atoms with Crippen molar-refractivity contribution in [3.05, 3.63) is 53.1 Å². The van der Waals surface area contributed by atoms with Crippen LogP contribution in [-0.4, -0.2) is 55.8 Å². The Morgan fingerprint density at radius 3 is 2.52 bits per heavy atom. The molecular weight excluding hydrogens is 374 g/mol. The minimum Gasteiger partial charge on any atom is -0.504 e. The van der Waals surface area contributed by atoms with Gasteiger partial charge in [-0.2, -0.15) is 0 Å². The predicted octanol–water partition coefficient (Wildman–Crippen LogP) is 2.75. The number of likely N-dealkylation sites (N-methyl/N-ethyl adjacent to an activating group) is 1. The summed E-state index contributed by atoms with van der Waals surface area (Å²) in [6.07, 6.45) is 0. The Hall–Kier alpha value is -2.93. The summed E-state index contributed by atoms with van der Waals surface area (Å²) in [6, 6.07) is 11.3. The smallest absolute Gasteiger partial charge is 0.342 e. The number of methoxy groups -OCH3 is 1. The van der Waals surface area contributed by atoms with Gasteiger partial charge in [-0.25, -0.2) is 4.79 Å². The predicted molar refractivity (Wildman–Crippen MR) is 99.5 cm³/mol. The lowest BCUT2D eigenvalue weighted by molar-refractivity contribution is -0.133. The zero-order chi connectivity index (χ0) is 19.8. The van der Waals surface area contributed by atoms with Crippen molar-refractivity contribution in [3.8, 4) is 17.2 Å². The topological polar surface area (TPSA) is 85.3 Å². The molecule has 1 amide bonds. The van der Waals surface area contributed by atoms with Gasteiger partial charge in [-0.15, -0.1) is 0 Å². The van der Waals surface area contributed by atoms with Gasteiger partial charge < -0.3 is 24.2 Å². The molecule has 0 fully saturated rings. The van der Waals surface area contributed by atoms with E-state index in [4.69, 9.17) is 25.8 Å². The highest BCUT2D eigenvalue weighted by Crippen LogP contribution is 2.29. The number of rotatable bonds is 8. The highest BCUT2D eigenvalue weighted by atomic mass is 35.5. The maximum atomic E-state index is 12.1. The van der Waals surface area contributed by atoms with Gasteiger partial charge in [0.05, 0.1) is 13.7 Å². The number of esters is 1. The summed E-state index contributed by atoms with van der Waals surface area (Å²) in [5, 5.41) is 10.5. The molecule has 0 saturated carbocycles. The van der Waals surface area contributed by atoms with Crippen molar-refractivity contribution in [2.75, 3.05) is 33.9 Å². The number of carbonyl (C=O) groups excluding carboxylic acids is 2. The summed E-state index contributed by atoms with van der Waals surface area (Å²) in [5.41, 5.74) is -0.0733. The molecule has 0 saturated heterocycles. The van der Waals surface area contributed by atoms with E-state index >= 15 is 0 Å². The normalized spacial score (nSPS) is 10.2. The molecule has 0 unspecified atom stereocenters. The number of para-hydroxylation sites is 1. The Morgan fingerprint density at radius 1 is 1.15 bits per heavy atom. The van der Waals surface area contributed by atoms with Gasteiger partial charge in [0.2, 0.25) is 0 Å². The van der Waals surface area contributed by atoms with Gasteiger partial charge in [-0.1, -0.05) is 17.7 Å². The second kappa shape index (κ2) is 9.68. The molecule has 0 aromatic heterocycles. The van der Waals surface area contributed by atoms with Crippen LogP contribution in [0.25, 0.3) is 0 Å². The van der Waals surface area contributed by atoms with Crippen LogP contribution in [0.3, 0.4) is 0 Å². The molecule has 0 aliphatic carbocycles. The van der Waals surface area contributed by atoms with Gasteiger partial charge in [-0.05, 0) is 36.4 Å². The number of hydrogen-bond acceptors (Lipinski definition) is 6. The average Bonchev–Trinajstić information content (AvgIpc) is 2.67. The van der Waals surface area contributed by atoms with Crippen LogP contribution >= 0.6 is 11.6 Å². The van der Waals surface area contributed by atoms with Crippen molar-refractivity contribution in [2.24, 2.45) is 0 Å². The number of hydrogen-bond donors (Lipinski definition) is 1. The zero-order valence-corrected chi connectivity index (χ0v) is 15.7. The van der Waals surface area contributed by atoms with Crippen LogP contribution in [0.1, 0.15) is 10.4 Å². The second-order valence-electron chi connectivity index (χ2n) is 5.55. The number of nitrogens with zero attached hydrogens (tertiary/aromatic N) is 1. The summed E-state index contributed by atoms with van der Waals surface area (Å²) in [6.45, 7) is 0.130. The van der Waals surface area contributed by atoms with Crippen molar-refractivity contribution in [1.82, 2.24) is 4.90 Å². The lowest BCUT2D eigenvalue weighted by Crippen LogP contribution is -2.34. The lowest BCUT2D eigenvalue weighted by Gasteiger charge is -2.17. The molecule has 0 radical (unpaired) electrons. The molecule has 1 N–H and O–H groups in total. The van der Waals surface area contributed by atoms with Crippen LogP contribution in [0.4, 0.5) is 0 Å². The minimum atomic E-state index is -0.814. The summed E-state index contributed by atoms with van der Waals surface area (Å²) >= 11 is 5.80. The van der Waals surface area contributed by atoms with Crippen LogP contribution in [-0.2, 0) is 9.53 Å². The fraction of sp³-hybridized carbons (Fsp3) is 0.263. The first-order valence-corrected chi connectivity index (χ1v) is 8.45. The third kappa shape index (κ3) is 5.79. The van der Waals surface area contributed by atoms with Gasteiger partial charge in [0.15, 0.2) is 18.1 Å². The van der Waals surface area contributed by atoms with Crippen LogP contribution in [0, 0.1) is 0 Å². The van der Waals surface area contributed by atoms with Crippen LogP contribution < -0.4 is 9.47 Å². The van der Waals surface area contributed by atoms with Crippen molar-refractivity contribution >= 4 is 23.5 Å². The third-order valence-corrected chi connectivity index (χ3v) is 3.95. The number of benzene rings is 2. The molecule has 144 valence electrons. The summed E-state index contributed by atoms with van der Waals surface area (Å²) in [5.74, 6) is -0.759. The first kappa shape index (κ1) is 20.4. The van der Waals surface area contributed by atoms with E-state index < -0.39 is 18.5 Å². The summed E-state index contributed by atoms with van der Waals surface area (Å²) in [7, 11) is 2.94. The highest BCUT2D eigenvalue weighted by Gasteiger charge is 2.18. The monoisotopic (exact) mass is 393 g/mol. The van der Waals surface area contributed by atoms with Crippen LogP contribution in [0.15, 0.2) is 42.5 Å². The van der Waals surface area contributed by atoms with Gasteiger partial charge in [0, 0.05) is 12.1 Å². The molecule has 0 atom stereocenters. The summed E-state index contributed by atoms with van der Waals surface area (Å²) < 4.78 is 15.4. The first-order valence-electron chi connectivity index (χ1n) is 8.07. The Labute approximate surface area is 162 Å². The van der Waals surface area contributed by atoms with Gasteiger partial charge >= 0.3 is 5.97 Å². The largest absolute Gasteiger partial charge is 0.504 e.